The van der Waals surface area contributed by atoms with Crippen molar-refractivity contribution in [2.75, 3.05) is 7.11 Å². The van der Waals surface area contributed by atoms with Gasteiger partial charge < -0.3 is 19.0 Å². The lowest BCUT2D eigenvalue weighted by Crippen LogP contribution is -2.27. The normalized spacial score (nSPS) is 10.9. The molecule has 28 heavy (non-hydrogen) atoms. The van der Waals surface area contributed by atoms with Gasteiger partial charge in [-0.25, -0.2) is 0 Å². The first-order valence-electron chi connectivity index (χ1n) is 8.92. The van der Waals surface area contributed by atoms with E-state index in [0.29, 0.717) is 18.3 Å². The van der Waals surface area contributed by atoms with Crippen molar-refractivity contribution in [3.05, 3.63) is 66.2 Å². The minimum absolute atomic E-state index is 0.0811. The molecule has 0 fully saturated rings. The number of fused-ring (bicyclic) bond motifs is 1. The molecule has 7 nitrogen and oxygen atoms in total. The second-order valence-electron chi connectivity index (χ2n) is 6.43. The summed E-state index contributed by atoms with van der Waals surface area (Å²) in [4.78, 5) is 12.5. The van der Waals surface area contributed by atoms with Gasteiger partial charge in [0.2, 0.25) is 17.7 Å². The maximum Gasteiger partial charge on any atom is 0.247 e. The summed E-state index contributed by atoms with van der Waals surface area (Å²) in [5, 5.41) is 11.9. The number of methoxy groups -OCH3 is 1. The van der Waals surface area contributed by atoms with Crippen molar-refractivity contribution >= 4 is 16.8 Å². The van der Waals surface area contributed by atoms with Crippen molar-refractivity contribution in [3.63, 3.8) is 0 Å². The smallest absolute Gasteiger partial charge is 0.247 e. The van der Waals surface area contributed by atoms with Crippen LogP contribution < -0.4 is 10.1 Å². The minimum atomic E-state index is -0.0811. The van der Waals surface area contributed by atoms with Gasteiger partial charge in [-0.2, -0.15) is 0 Å². The summed E-state index contributed by atoms with van der Waals surface area (Å²) in [6.07, 6.45) is 1.90. The van der Waals surface area contributed by atoms with Crippen molar-refractivity contribution in [1.29, 1.82) is 0 Å². The van der Waals surface area contributed by atoms with Crippen LogP contribution in [0.3, 0.4) is 0 Å². The molecule has 4 aromatic rings. The molecular weight excluding hydrogens is 356 g/mol. The van der Waals surface area contributed by atoms with E-state index in [1.165, 1.54) is 0 Å². The van der Waals surface area contributed by atoms with E-state index >= 15 is 0 Å². The highest BCUT2D eigenvalue weighted by Gasteiger charge is 2.11. The zero-order valence-corrected chi connectivity index (χ0v) is 15.7. The second-order valence-corrected chi connectivity index (χ2v) is 6.43. The van der Waals surface area contributed by atoms with E-state index in [2.05, 4.69) is 15.5 Å². The van der Waals surface area contributed by atoms with Crippen LogP contribution in [-0.4, -0.2) is 27.8 Å². The third-order valence-electron chi connectivity index (χ3n) is 4.53. The van der Waals surface area contributed by atoms with Crippen molar-refractivity contribution in [2.24, 2.45) is 0 Å². The molecule has 4 rings (SSSR count). The van der Waals surface area contributed by atoms with Crippen LogP contribution in [0, 0.1) is 6.92 Å². The van der Waals surface area contributed by atoms with Crippen LogP contribution in [0.2, 0.25) is 0 Å². The lowest BCUT2D eigenvalue weighted by molar-refractivity contribution is -0.121. The summed E-state index contributed by atoms with van der Waals surface area (Å²) < 4.78 is 12.7. The van der Waals surface area contributed by atoms with Crippen LogP contribution in [0.25, 0.3) is 22.4 Å². The number of carbonyl (C=O) groups excluding carboxylic acids is 1. The maximum atomic E-state index is 12.5. The molecule has 0 saturated carbocycles. The number of benzene rings is 2. The Morgan fingerprint density at radius 2 is 2.04 bits per heavy atom. The highest BCUT2D eigenvalue weighted by Crippen LogP contribution is 2.24. The summed E-state index contributed by atoms with van der Waals surface area (Å²) >= 11 is 0. The van der Waals surface area contributed by atoms with Crippen molar-refractivity contribution < 1.29 is 13.9 Å². The van der Waals surface area contributed by atoms with Gasteiger partial charge in [-0.1, -0.05) is 24.3 Å². The number of aryl methyl sites for hydroxylation is 1. The zero-order valence-electron chi connectivity index (χ0n) is 15.7. The highest BCUT2D eigenvalue weighted by molar-refractivity contribution is 5.86. The molecule has 0 bridgehead atoms. The summed E-state index contributed by atoms with van der Waals surface area (Å²) in [6.45, 7) is 2.38. The number of para-hydroxylation sites is 1. The lowest BCUT2D eigenvalue weighted by atomic mass is 10.1. The number of hydrogen-bond acceptors (Lipinski definition) is 5. The molecule has 0 radical (unpaired) electrons. The number of nitrogens with one attached hydrogen (secondary N) is 1. The van der Waals surface area contributed by atoms with E-state index in [1.54, 1.807) is 14.0 Å². The van der Waals surface area contributed by atoms with E-state index in [4.69, 9.17) is 9.15 Å². The standard InChI is InChI=1S/C21H20N4O3/c1-14-23-24-21(28-14)16-8-7-15-9-10-25(18(15)11-16)13-20(26)22-12-17-5-3-4-6-19(17)27-2/h3-11H,12-13H2,1-2H3,(H,22,26). The molecule has 0 atom stereocenters. The lowest BCUT2D eigenvalue weighted by Gasteiger charge is -2.10. The first kappa shape index (κ1) is 17.8. The molecule has 0 saturated heterocycles. The molecule has 142 valence electrons. The van der Waals surface area contributed by atoms with Crippen LogP contribution in [-0.2, 0) is 17.9 Å². The van der Waals surface area contributed by atoms with E-state index in [1.807, 2.05) is 59.3 Å². The first-order chi connectivity index (χ1) is 13.6. The molecule has 2 aromatic heterocycles. The van der Waals surface area contributed by atoms with Gasteiger partial charge in [0.1, 0.15) is 12.3 Å². The second kappa shape index (κ2) is 7.56. The monoisotopic (exact) mass is 376 g/mol. The Hall–Kier alpha value is -3.61. The number of amides is 1. The molecule has 0 unspecified atom stereocenters. The highest BCUT2D eigenvalue weighted by atomic mass is 16.5. The van der Waals surface area contributed by atoms with Gasteiger partial charge in [-0.05, 0) is 29.7 Å². The van der Waals surface area contributed by atoms with Gasteiger partial charge in [0.05, 0.1) is 7.11 Å². The third-order valence-corrected chi connectivity index (χ3v) is 4.53. The average Bonchev–Trinajstić information content (AvgIpc) is 3.32. The van der Waals surface area contributed by atoms with Crippen LogP contribution in [0.5, 0.6) is 5.75 Å². The Balaban J connectivity index is 1.50. The predicted molar refractivity (Wildman–Crippen MR) is 105 cm³/mol. The summed E-state index contributed by atoms with van der Waals surface area (Å²) in [7, 11) is 1.62. The summed E-state index contributed by atoms with van der Waals surface area (Å²) in [6, 6.07) is 15.5. The summed E-state index contributed by atoms with van der Waals surface area (Å²) in [5.41, 5.74) is 2.69. The van der Waals surface area contributed by atoms with Crippen LogP contribution in [0.15, 0.2) is 59.1 Å². The SMILES string of the molecule is COc1ccccc1CNC(=O)Cn1ccc2ccc(-c3nnc(C)o3)cc21. The summed E-state index contributed by atoms with van der Waals surface area (Å²) in [5.74, 6) is 1.66. The fraction of sp³-hybridized carbons (Fsp3) is 0.190. The number of carbonyl (C=O) groups is 1. The van der Waals surface area contributed by atoms with Crippen molar-refractivity contribution in [3.8, 4) is 17.2 Å². The maximum absolute atomic E-state index is 12.5. The van der Waals surface area contributed by atoms with Gasteiger partial charge in [0, 0.05) is 36.3 Å². The molecular formula is C21H20N4O3. The van der Waals surface area contributed by atoms with Crippen molar-refractivity contribution in [2.45, 2.75) is 20.0 Å². The molecule has 0 aliphatic carbocycles. The zero-order chi connectivity index (χ0) is 19.5. The van der Waals surface area contributed by atoms with Crippen LogP contribution in [0.4, 0.5) is 0 Å². The molecule has 0 aliphatic heterocycles. The average molecular weight is 376 g/mol. The van der Waals surface area contributed by atoms with Gasteiger partial charge in [-0.3, -0.25) is 4.79 Å². The van der Waals surface area contributed by atoms with E-state index in [0.717, 1.165) is 27.8 Å². The first-order valence-corrected chi connectivity index (χ1v) is 8.92. The van der Waals surface area contributed by atoms with Crippen LogP contribution >= 0.6 is 0 Å². The number of ether oxygens (including phenoxy) is 1. The molecule has 2 heterocycles. The van der Waals surface area contributed by atoms with Gasteiger partial charge in [-0.15, -0.1) is 10.2 Å². The third kappa shape index (κ3) is 3.59. The Kier molecular flexibility index (Phi) is 4.80. The number of rotatable bonds is 6. The number of hydrogen-bond donors (Lipinski definition) is 1. The molecule has 7 heteroatoms. The van der Waals surface area contributed by atoms with Gasteiger partial charge >= 0.3 is 0 Å². The Morgan fingerprint density at radius 3 is 2.82 bits per heavy atom. The van der Waals surface area contributed by atoms with Gasteiger partial charge in [0.25, 0.3) is 0 Å². The predicted octanol–water partition coefficient (Wildman–Crippen LogP) is 3.32. The minimum Gasteiger partial charge on any atom is -0.496 e. The van der Waals surface area contributed by atoms with E-state index < -0.39 is 0 Å². The van der Waals surface area contributed by atoms with Crippen LogP contribution in [0.1, 0.15) is 11.5 Å². The molecule has 0 spiro atoms. The Bertz CT molecular complexity index is 1130. The Labute approximate surface area is 161 Å². The molecule has 2 aromatic carbocycles. The van der Waals surface area contributed by atoms with E-state index in [-0.39, 0.29) is 12.5 Å². The Morgan fingerprint density at radius 1 is 1.18 bits per heavy atom. The topological polar surface area (TPSA) is 82.2 Å². The molecule has 1 amide bonds. The molecule has 0 aliphatic rings. The fourth-order valence-electron chi connectivity index (χ4n) is 3.12. The fourth-order valence-corrected chi connectivity index (χ4v) is 3.12. The largest absolute Gasteiger partial charge is 0.496 e. The van der Waals surface area contributed by atoms with Crippen molar-refractivity contribution in [1.82, 2.24) is 20.1 Å². The van der Waals surface area contributed by atoms with Gasteiger partial charge in [0.15, 0.2) is 0 Å². The van der Waals surface area contributed by atoms with E-state index in [9.17, 15) is 4.79 Å². The quantitative estimate of drug-likeness (QED) is 0.558. The molecule has 1 N–H and O–H groups in total. The number of aromatic nitrogens is 3. The number of nitrogens with zero attached hydrogens (tertiary/aromatic N) is 3.